The van der Waals surface area contributed by atoms with Crippen molar-refractivity contribution < 1.29 is 18.7 Å². The Morgan fingerprint density at radius 2 is 1.92 bits per heavy atom. The number of piperazine rings is 1. The van der Waals surface area contributed by atoms with Crippen molar-refractivity contribution in [3.8, 4) is 0 Å². The van der Waals surface area contributed by atoms with E-state index in [9.17, 15) is 18.7 Å². The van der Waals surface area contributed by atoms with Crippen molar-refractivity contribution in [3.05, 3.63) is 35.4 Å². The van der Waals surface area contributed by atoms with Gasteiger partial charge in [0.05, 0.1) is 6.10 Å². The first-order valence-corrected chi connectivity index (χ1v) is 8.68. The lowest BCUT2D eigenvalue weighted by molar-refractivity contribution is -0.133. The van der Waals surface area contributed by atoms with Crippen LogP contribution in [-0.2, 0) is 11.2 Å². The van der Waals surface area contributed by atoms with E-state index >= 15 is 0 Å². The van der Waals surface area contributed by atoms with Gasteiger partial charge in [-0.25, -0.2) is 8.78 Å². The number of nitrogens with zero attached hydrogens (tertiary/aromatic N) is 2. The van der Waals surface area contributed by atoms with E-state index in [0.29, 0.717) is 13.1 Å². The molecule has 6 heteroatoms. The predicted octanol–water partition coefficient (Wildman–Crippen LogP) is 1.95. The number of carbonyl (C=O) groups excluding carboxylic acids is 1. The van der Waals surface area contributed by atoms with Crippen molar-refractivity contribution >= 4 is 5.91 Å². The van der Waals surface area contributed by atoms with Crippen LogP contribution in [0.25, 0.3) is 0 Å². The van der Waals surface area contributed by atoms with Crippen LogP contribution in [-0.4, -0.2) is 59.1 Å². The van der Waals surface area contributed by atoms with Crippen molar-refractivity contribution in [1.82, 2.24) is 9.80 Å². The Hall–Kier alpha value is -1.53. The summed E-state index contributed by atoms with van der Waals surface area (Å²) < 4.78 is 26.8. The highest BCUT2D eigenvalue weighted by atomic mass is 19.1. The highest BCUT2D eigenvalue weighted by Gasteiger charge is 2.33. The van der Waals surface area contributed by atoms with Crippen LogP contribution in [0.1, 0.15) is 31.2 Å². The number of aryl methyl sites for hydroxylation is 1. The van der Waals surface area contributed by atoms with Crippen LogP contribution in [0.4, 0.5) is 8.78 Å². The predicted molar refractivity (Wildman–Crippen MR) is 86.5 cm³/mol. The van der Waals surface area contributed by atoms with Crippen molar-refractivity contribution in [3.63, 3.8) is 0 Å². The monoisotopic (exact) mass is 338 g/mol. The molecule has 2 fully saturated rings. The Kier molecular flexibility index (Phi) is 5.46. The number of halogens is 2. The fraction of sp³-hybridized carbons (Fsp3) is 0.611. The lowest BCUT2D eigenvalue weighted by Gasteiger charge is -2.39. The number of aliphatic hydroxyl groups is 1. The van der Waals surface area contributed by atoms with Gasteiger partial charge in [-0.3, -0.25) is 9.69 Å². The highest BCUT2D eigenvalue weighted by molar-refractivity contribution is 5.76. The highest BCUT2D eigenvalue weighted by Crippen LogP contribution is 2.25. The summed E-state index contributed by atoms with van der Waals surface area (Å²) in [7, 11) is 0. The van der Waals surface area contributed by atoms with Crippen molar-refractivity contribution in [2.45, 2.75) is 44.2 Å². The number of aliphatic hydroxyl groups excluding tert-OH is 1. The second-order valence-electron chi connectivity index (χ2n) is 6.72. The summed E-state index contributed by atoms with van der Waals surface area (Å²) in [4.78, 5) is 16.4. The zero-order chi connectivity index (χ0) is 17.1. The van der Waals surface area contributed by atoms with Crippen molar-refractivity contribution in [1.29, 1.82) is 0 Å². The first-order valence-electron chi connectivity index (χ1n) is 8.68. The van der Waals surface area contributed by atoms with Gasteiger partial charge in [-0.05, 0) is 49.4 Å². The number of hydrogen-bond donors (Lipinski definition) is 1. The van der Waals surface area contributed by atoms with Crippen LogP contribution in [0.3, 0.4) is 0 Å². The van der Waals surface area contributed by atoms with E-state index in [1.165, 1.54) is 0 Å². The van der Waals surface area contributed by atoms with Crippen molar-refractivity contribution in [2.75, 3.05) is 26.2 Å². The average molecular weight is 338 g/mol. The Morgan fingerprint density at radius 1 is 1.17 bits per heavy atom. The first-order chi connectivity index (χ1) is 11.5. The quantitative estimate of drug-likeness (QED) is 0.913. The van der Waals surface area contributed by atoms with Gasteiger partial charge < -0.3 is 10.0 Å². The third kappa shape index (κ3) is 3.92. The number of benzene rings is 1. The molecule has 1 N–H and O–H groups in total. The van der Waals surface area contributed by atoms with Crippen LogP contribution in [0.5, 0.6) is 0 Å². The molecule has 1 aromatic rings. The fourth-order valence-electron chi connectivity index (χ4n) is 3.78. The van der Waals surface area contributed by atoms with Gasteiger partial charge in [-0.1, -0.05) is 0 Å². The molecule has 1 heterocycles. The fourth-order valence-corrected chi connectivity index (χ4v) is 3.78. The Balaban J connectivity index is 1.47. The summed E-state index contributed by atoms with van der Waals surface area (Å²) >= 11 is 0. The topological polar surface area (TPSA) is 43.8 Å². The summed E-state index contributed by atoms with van der Waals surface area (Å²) in [5.41, 5.74) is 0.246. The molecule has 1 saturated heterocycles. The van der Waals surface area contributed by atoms with Gasteiger partial charge in [0.25, 0.3) is 0 Å². The molecule has 0 bridgehead atoms. The molecule has 2 aliphatic rings. The lowest BCUT2D eigenvalue weighted by atomic mass is 10.1. The molecule has 0 radical (unpaired) electrons. The molecule has 0 aromatic heterocycles. The normalized spacial score (nSPS) is 25.2. The maximum atomic E-state index is 13.6. The van der Waals surface area contributed by atoms with Crippen LogP contribution >= 0.6 is 0 Å². The van der Waals surface area contributed by atoms with Gasteiger partial charge in [0.1, 0.15) is 11.6 Å². The Morgan fingerprint density at radius 3 is 2.58 bits per heavy atom. The van der Waals surface area contributed by atoms with Gasteiger partial charge >= 0.3 is 0 Å². The average Bonchev–Trinajstić information content (AvgIpc) is 3.01. The second-order valence-corrected chi connectivity index (χ2v) is 6.72. The third-order valence-electron chi connectivity index (χ3n) is 5.20. The zero-order valence-corrected chi connectivity index (χ0v) is 13.8. The Labute approximate surface area is 141 Å². The number of hydrogen-bond acceptors (Lipinski definition) is 3. The van der Waals surface area contributed by atoms with Gasteiger partial charge in [0, 0.05) is 38.6 Å². The number of amides is 1. The van der Waals surface area contributed by atoms with Gasteiger partial charge in [0.2, 0.25) is 5.91 Å². The first kappa shape index (κ1) is 17.3. The molecule has 132 valence electrons. The number of carbonyl (C=O) groups is 1. The van der Waals surface area contributed by atoms with E-state index in [-0.39, 0.29) is 36.5 Å². The molecule has 1 aromatic carbocycles. The molecule has 4 nitrogen and oxygen atoms in total. The van der Waals surface area contributed by atoms with Gasteiger partial charge in [-0.2, -0.15) is 0 Å². The second kappa shape index (κ2) is 7.57. The molecule has 1 aliphatic carbocycles. The lowest BCUT2D eigenvalue weighted by Crippen LogP contribution is -2.53. The molecule has 2 atom stereocenters. The zero-order valence-electron chi connectivity index (χ0n) is 13.8. The molecule has 1 amide bonds. The van der Waals surface area contributed by atoms with Gasteiger partial charge in [0.15, 0.2) is 0 Å². The molecule has 1 saturated carbocycles. The van der Waals surface area contributed by atoms with Crippen LogP contribution in [0.15, 0.2) is 18.2 Å². The summed E-state index contributed by atoms with van der Waals surface area (Å²) in [5.74, 6) is -0.975. The van der Waals surface area contributed by atoms with Crippen molar-refractivity contribution in [2.24, 2.45) is 0 Å². The largest absolute Gasteiger partial charge is 0.391 e. The van der Waals surface area contributed by atoms with E-state index in [2.05, 4.69) is 4.90 Å². The molecule has 1 aliphatic heterocycles. The molecular formula is C18H24F2N2O2. The van der Waals surface area contributed by atoms with E-state index in [1.54, 1.807) is 4.90 Å². The van der Waals surface area contributed by atoms with E-state index in [4.69, 9.17) is 0 Å². The third-order valence-corrected chi connectivity index (χ3v) is 5.20. The van der Waals surface area contributed by atoms with E-state index in [1.807, 2.05) is 0 Å². The molecular weight excluding hydrogens is 314 g/mol. The van der Waals surface area contributed by atoms with Crippen LogP contribution in [0.2, 0.25) is 0 Å². The minimum Gasteiger partial charge on any atom is -0.391 e. The Bertz CT molecular complexity index is 588. The molecule has 24 heavy (non-hydrogen) atoms. The maximum Gasteiger partial charge on any atom is 0.222 e. The summed E-state index contributed by atoms with van der Waals surface area (Å²) in [6.07, 6.45) is 3.10. The summed E-state index contributed by atoms with van der Waals surface area (Å²) in [6, 6.07) is 3.56. The van der Waals surface area contributed by atoms with Gasteiger partial charge in [-0.15, -0.1) is 0 Å². The minimum atomic E-state index is -0.484. The number of rotatable bonds is 4. The molecule has 0 unspecified atom stereocenters. The molecule has 3 rings (SSSR count). The smallest absolute Gasteiger partial charge is 0.222 e. The van der Waals surface area contributed by atoms with E-state index in [0.717, 1.165) is 50.6 Å². The maximum absolute atomic E-state index is 13.6. The standard InChI is InChI=1S/C18H24F2N2O2/c19-14-5-6-15(20)13(12-14)4-7-18(24)22-10-8-21(9-11-22)16-2-1-3-17(16)23/h5-6,12,16-17,23H,1-4,7-11H2/t16-,17+/m1/s1. The van der Waals surface area contributed by atoms with Crippen LogP contribution < -0.4 is 0 Å². The van der Waals surface area contributed by atoms with Crippen LogP contribution in [0, 0.1) is 11.6 Å². The van der Waals surface area contributed by atoms with E-state index < -0.39 is 11.6 Å². The minimum absolute atomic E-state index is 0.0229. The SMILES string of the molecule is O=C(CCc1cc(F)ccc1F)N1CCN([C@@H]2CCC[C@@H]2O)CC1. The summed E-state index contributed by atoms with van der Waals surface area (Å²) in [5, 5.41) is 9.99. The summed E-state index contributed by atoms with van der Waals surface area (Å²) in [6.45, 7) is 2.80. The molecule has 0 spiro atoms.